The van der Waals surface area contributed by atoms with Crippen molar-refractivity contribution in [2.45, 2.75) is 10.7 Å². The molecule has 0 fully saturated rings. The van der Waals surface area contributed by atoms with E-state index in [9.17, 15) is 4.39 Å². The number of aromatic nitrogens is 2. The third kappa shape index (κ3) is 1.97. The maximum absolute atomic E-state index is 13.5. The number of imidazole rings is 1. The largest absolute Gasteiger partial charge is 0.338 e. The van der Waals surface area contributed by atoms with Crippen molar-refractivity contribution in [3.63, 3.8) is 0 Å². The van der Waals surface area contributed by atoms with E-state index in [0.29, 0.717) is 16.1 Å². The third-order valence-corrected chi connectivity index (χ3v) is 3.11. The van der Waals surface area contributed by atoms with Gasteiger partial charge in [0, 0.05) is 5.02 Å². The molecule has 0 amide bonds. The molecule has 2 aromatic rings. The van der Waals surface area contributed by atoms with Gasteiger partial charge in [-0.15, -0.1) is 0 Å². The zero-order chi connectivity index (χ0) is 12.1. The van der Waals surface area contributed by atoms with Crippen molar-refractivity contribution < 1.29 is 4.39 Å². The molecule has 0 bridgehead atoms. The minimum atomic E-state index is -1.72. The zero-order valence-corrected chi connectivity index (χ0v) is 10.9. The Bertz CT molecular complexity index is 559. The average molecular weight is 302 g/mol. The zero-order valence-electron chi connectivity index (χ0n) is 7.91. The number of rotatable bonds is 0. The molecule has 0 aliphatic rings. The Morgan fingerprint density at radius 3 is 2.56 bits per heavy atom. The SMILES string of the molecule is Cc1c(Cl)cc(F)c2nc(C(Cl)(Cl)Cl)[nH]c12. The Labute approximate surface area is 111 Å². The summed E-state index contributed by atoms with van der Waals surface area (Å²) in [5.74, 6) is -0.487. The van der Waals surface area contributed by atoms with E-state index >= 15 is 0 Å². The molecule has 16 heavy (non-hydrogen) atoms. The van der Waals surface area contributed by atoms with Crippen LogP contribution in [0.2, 0.25) is 5.02 Å². The van der Waals surface area contributed by atoms with Crippen LogP contribution in [-0.4, -0.2) is 9.97 Å². The smallest absolute Gasteiger partial charge is 0.248 e. The Morgan fingerprint density at radius 1 is 1.38 bits per heavy atom. The van der Waals surface area contributed by atoms with Crippen molar-refractivity contribution in [1.29, 1.82) is 0 Å². The van der Waals surface area contributed by atoms with Crippen molar-refractivity contribution >= 4 is 57.4 Å². The topological polar surface area (TPSA) is 28.7 Å². The molecule has 2 rings (SSSR count). The first-order chi connectivity index (χ1) is 7.30. The number of aryl methyl sites for hydroxylation is 1. The number of nitrogens with one attached hydrogen (secondary N) is 1. The van der Waals surface area contributed by atoms with Crippen LogP contribution in [0, 0.1) is 12.7 Å². The first kappa shape index (κ1) is 12.2. The molecule has 0 saturated carbocycles. The number of fused-ring (bicyclic) bond motifs is 1. The third-order valence-electron chi connectivity index (χ3n) is 2.19. The number of benzene rings is 1. The highest BCUT2D eigenvalue weighted by molar-refractivity contribution is 6.66. The lowest BCUT2D eigenvalue weighted by Crippen LogP contribution is -2.02. The van der Waals surface area contributed by atoms with Crippen LogP contribution >= 0.6 is 46.4 Å². The Balaban J connectivity index is 2.80. The summed E-state index contributed by atoms with van der Waals surface area (Å²) in [4.78, 5) is 6.65. The lowest BCUT2D eigenvalue weighted by Gasteiger charge is -2.04. The summed E-state index contributed by atoms with van der Waals surface area (Å²) in [6, 6.07) is 1.18. The van der Waals surface area contributed by atoms with Gasteiger partial charge in [-0.1, -0.05) is 46.4 Å². The van der Waals surface area contributed by atoms with Gasteiger partial charge in [-0.25, -0.2) is 9.37 Å². The molecule has 0 spiro atoms. The summed E-state index contributed by atoms with van der Waals surface area (Å²) >= 11 is 22.8. The number of hydrogen-bond acceptors (Lipinski definition) is 1. The Morgan fingerprint density at radius 2 is 2.00 bits per heavy atom. The minimum absolute atomic E-state index is 0.0665. The number of halogens is 5. The molecule has 7 heteroatoms. The molecule has 0 saturated heterocycles. The summed E-state index contributed by atoms with van der Waals surface area (Å²) in [6.07, 6.45) is 0. The summed E-state index contributed by atoms with van der Waals surface area (Å²) in [5.41, 5.74) is 1.21. The molecular formula is C9H5Cl4FN2. The molecule has 1 heterocycles. The second kappa shape index (κ2) is 3.91. The van der Waals surface area contributed by atoms with Crippen LogP contribution in [0.3, 0.4) is 0 Å². The van der Waals surface area contributed by atoms with Gasteiger partial charge in [-0.2, -0.15) is 0 Å². The number of hydrogen-bond donors (Lipinski definition) is 1. The predicted octanol–water partition coefficient (Wildman–Crippen LogP) is 4.49. The number of H-pyrrole nitrogens is 1. The molecule has 1 aromatic carbocycles. The van der Waals surface area contributed by atoms with Gasteiger partial charge in [-0.05, 0) is 18.6 Å². The highest BCUT2D eigenvalue weighted by Gasteiger charge is 2.28. The van der Waals surface area contributed by atoms with Crippen molar-refractivity contribution in [2.24, 2.45) is 0 Å². The van der Waals surface area contributed by atoms with Gasteiger partial charge in [0.1, 0.15) is 5.52 Å². The predicted molar refractivity (Wildman–Crippen MR) is 65.0 cm³/mol. The van der Waals surface area contributed by atoms with Crippen LogP contribution in [0.1, 0.15) is 11.4 Å². The van der Waals surface area contributed by atoms with Crippen molar-refractivity contribution in [1.82, 2.24) is 9.97 Å². The van der Waals surface area contributed by atoms with Crippen molar-refractivity contribution in [3.05, 3.63) is 28.3 Å². The monoisotopic (exact) mass is 300 g/mol. The molecule has 0 aliphatic heterocycles. The molecule has 86 valence electrons. The van der Waals surface area contributed by atoms with Gasteiger partial charge in [-0.3, -0.25) is 0 Å². The fourth-order valence-corrected chi connectivity index (χ4v) is 1.82. The van der Waals surface area contributed by atoms with E-state index in [2.05, 4.69) is 9.97 Å². The maximum atomic E-state index is 13.5. The number of alkyl halides is 3. The van der Waals surface area contributed by atoms with Gasteiger partial charge in [0.05, 0.1) is 5.52 Å². The van der Waals surface area contributed by atoms with E-state index in [0.717, 1.165) is 0 Å². The van der Waals surface area contributed by atoms with Gasteiger partial charge >= 0.3 is 0 Å². The second-order valence-corrected chi connectivity index (χ2v) is 5.96. The normalized spacial score (nSPS) is 12.4. The quantitative estimate of drug-likeness (QED) is 0.714. The molecule has 2 nitrogen and oxygen atoms in total. The van der Waals surface area contributed by atoms with Crippen molar-refractivity contribution in [2.75, 3.05) is 0 Å². The van der Waals surface area contributed by atoms with Crippen LogP contribution in [-0.2, 0) is 3.79 Å². The van der Waals surface area contributed by atoms with E-state index in [4.69, 9.17) is 46.4 Å². The van der Waals surface area contributed by atoms with Crippen LogP contribution < -0.4 is 0 Å². The Kier molecular flexibility index (Phi) is 2.99. The summed E-state index contributed by atoms with van der Waals surface area (Å²) in [6.45, 7) is 1.73. The van der Waals surface area contributed by atoms with Crippen molar-refractivity contribution in [3.8, 4) is 0 Å². The molecule has 1 N–H and O–H groups in total. The van der Waals surface area contributed by atoms with E-state index in [1.807, 2.05) is 0 Å². The maximum Gasteiger partial charge on any atom is 0.248 e. The summed E-state index contributed by atoms with van der Waals surface area (Å²) in [5, 5.41) is 0.296. The van der Waals surface area contributed by atoms with Crippen LogP contribution in [0.15, 0.2) is 6.07 Å². The van der Waals surface area contributed by atoms with Gasteiger partial charge in [0.15, 0.2) is 11.6 Å². The Hall–Kier alpha value is -0.220. The lowest BCUT2D eigenvalue weighted by atomic mass is 10.2. The summed E-state index contributed by atoms with van der Waals surface area (Å²) < 4.78 is 11.8. The van der Waals surface area contributed by atoms with Gasteiger partial charge in [0.25, 0.3) is 0 Å². The van der Waals surface area contributed by atoms with E-state index < -0.39 is 9.61 Å². The molecule has 0 aliphatic carbocycles. The van der Waals surface area contributed by atoms with Gasteiger partial charge in [0.2, 0.25) is 3.79 Å². The minimum Gasteiger partial charge on any atom is -0.338 e. The first-order valence-corrected chi connectivity index (χ1v) is 5.73. The number of aromatic amines is 1. The molecule has 0 atom stereocenters. The van der Waals surface area contributed by atoms with Gasteiger partial charge < -0.3 is 4.98 Å². The van der Waals surface area contributed by atoms with E-state index in [-0.39, 0.29) is 11.3 Å². The second-order valence-electron chi connectivity index (χ2n) is 3.27. The fraction of sp³-hybridized carbons (Fsp3) is 0.222. The highest BCUT2D eigenvalue weighted by atomic mass is 35.6. The molecular weight excluding hydrogens is 297 g/mol. The molecule has 1 aromatic heterocycles. The van der Waals surface area contributed by atoms with E-state index in [1.54, 1.807) is 6.92 Å². The number of nitrogens with zero attached hydrogens (tertiary/aromatic N) is 1. The summed E-state index contributed by atoms with van der Waals surface area (Å²) in [7, 11) is 0. The van der Waals surface area contributed by atoms with Crippen LogP contribution in [0.5, 0.6) is 0 Å². The fourth-order valence-electron chi connectivity index (χ4n) is 1.36. The highest BCUT2D eigenvalue weighted by Crippen LogP contribution is 2.38. The molecule has 0 radical (unpaired) electrons. The van der Waals surface area contributed by atoms with Crippen LogP contribution in [0.25, 0.3) is 11.0 Å². The molecule has 0 unspecified atom stereocenters. The average Bonchev–Trinajstić information content (AvgIpc) is 2.58. The van der Waals surface area contributed by atoms with E-state index in [1.165, 1.54) is 6.07 Å². The lowest BCUT2D eigenvalue weighted by molar-refractivity contribution is 0.637. The van der Waals surface area contributed by atoms with Crippen LogP contribution in [0.4, 0.5) is 4.39 Å². The first-order valence-electron chi connectivity index (χ1n) is 4.22. The standard InChI is InChI=1S/C9H5Cl4FN2/c1-3-4(10)2-5(14)7-6(3)15-8(16-7)9(11,12)13/h2H,1H3,(H,15,16).